The van der Waals surface area contributed by atoms with Crippen LogP contribution in [0.1, 0.15) is 0 Å². The van der Waals surface area contributed by atoms with Crippen LogP contribution in [0.25, 0.3) is 98.7 Å². The lowest BCUT2D eigenvalue weighted by atomic mass is 9.93. The quantitative estimate of drug-likeness (QED) is 0.195. The van der Waals surface area contributed by atoms with Crippen molar-refractivity contribution in [3.05, 3.63) is 170 Å². The van der Waals surface area contributed by atoms with Crippen molar-refractivity contribution < 1.29 is 0 Å². The van der Waals surface area contributed by atoms with Crippen molar-refractivity contribution in [2.24, 2.45) is 0 Å². The molecule has 9 aromatic carbocycles. The number of benzene rings is 9. The van der Waals surface area contributed by atoms with E-state index in [4.69, 9.17) is 0 Å². The van der Waals surface area contributed by atoms with E-state index in [1.165, 1.54) is 98.7 Å². The standard InChI is InChI=1S/C46H28/c1-2-7-30-22-31(13-12-29(30)6-1)32-14-15-34-24-35(17-16-33(34)23-32)36-18-19-38-26-39(21-20-37(38)25-36)41-27-40-8-5-11-44-42-9-3-4-10-43(42)45(28-41)46(40)44/h1-28H. The van der Waals surface area contributed by atoms with Gasteiger partial charge in [0, 0.05) is 0 Å². The highest BCUT2D eigenvalue weighted by Gasteiger charge is 2.21. The van der Waals surface area contributed by atoms with Crippen LogP contribution in [-0.2, 0) is 0 Å². The average molecular weight is 581 g/mol. The Morgan fingerprint density at radius 1 is 0.196 bits per heavy atom. The molecule has 9 aromatic rings. The molecule has 0 nitrogen and oxygen atoms in total. The van der Waals surface area contributed by atoms with Gasteiger partial charge in [0.1, 0.15) is 0 Å². The van der Waals surface area contributed by atoms with Crippen molar-refractivity contribution in [1.29, 1.82) is 0 Å². The van der Waals surface area contributed by atoms with Gasteiger partial charge in [-0.25, -0.2) is 0 Å². The summed E-state index contributed by atoms with van der Waals surface area (Å²) in [6.07, 6.45) is 0. The van der Waals surface area contributed by atoms with Gasteiger partial charge in [-0.05, 0) is 141 Å². The van der Waals surface area contributed by atoms with Crippen LogP contribution < -0.4 is 0 Å². The Bertz CT molecular complexity index is 2690. The third kappa shape index (κ3) is 3.94. The molecule has 0 unspecified atom stereocenters. The number of hydrogen-bond acceptors (Lipinski definition) is 0. The summed E-state index contributed by atoms with van der Waals surface area (Å²) in [5, 5.41) is 10.2. The van der Waals surface area contributed by atoms with Crippen molar-refractivity contribution in [3.8, 4) is 55.6 Å². The molecule has 0 atom stereocenters. The van der Waals surface area contributed by atoms with Crippen molar-refractivity contribution in [1.82, 2.24) is 0 Å². The van der Waals surface area contributed by atoms with Crippen molar-refractivity contribution in [3.63, 3.8) is 0 Å². The molecule has 10 rings (SSSR count). The van der Waals surface area contributed by atoms with Gasteiger partial charge < -0.3 is 0 Å². The van der Waals surface area contributed by atoms with Crippen LogP contribution in [0.4, 0.5) is 0 Å². The molecule has 1 aliphatic carbocycles. The van der Waals surface area contributed by atoms with Crippen LogP contribution >= 0.6 is 0 Å². The first kappa shape index (κ1) is 25.4. The van der Waals surface area contributed by atoms with Crippen LogP contribution in [0.15, 0.2) is 170 Å². The minimum atomic E-state index is 1.24. The van der Waals surface area contributed by atoms with Crippen LogP contribution in [0.2, 0.25) is 0 Å². The van der Waals surface area contributed by atoms with E-state index in [0.29, 0.717) is 0 Å². The molecule has 0 spiro atoms. The Kier molecular flexibility index (Phi) is 5.38. The average Bonchev–Trinajstić information content (AvgIpc) is 3.45. The van der Waals surface area contributed by atoms with Gasteiger partial charge in [0.15, 0.2) is 0 Å². The van der Waals surface area contributed by atoms with E-state index in [9.17, 15) is 0 Å². The second kappa shape index (κ2) is 9.76. The summed E-state index contributed by atoms with van der Waals surface area (Å²) in [4.78, 5) is 0. The van der Waals surface area contributed by atoms with Gasteiger partial charge in [0.25, 0.3) is 0 Å². The maximum Gasteiger partial charge on any atom is -0.00259 e. The number of hydrogen-bond donors (Lipinski definition) is 0. The van der Waals surface area contributed by atoms with Crippen molar-refractivity contribution >= 4 is 43.1 Å². The molecule has 0 heterocycles. The van der Waals surface area contributed by atoms with Crippen LogP contribution in [-0.4, -0.2) is 0 Å². The SMILES string of the molecule is c1ccc2c(c1)-c1cccc3cc(-c4ccc5cc(-c6ccc7cc(-c8ccc9ccccc9c8)ccc7c6)ccc5c4)cc-2c13. The van der Waals surface area contributed by atoms with Crippen LogP contribution in [0, 0.1) is 0 Å². The Hall–Kier alpha value is -5.98. The van der Waals surface area contributed by atoms with E-state index in [1.54, 1.807) is 0 Å². The first-order chi connectivity index (χ1) is 22.7. The molecule has 0 N–H and O–H groups in total. The predicted molar refractivity (Wildman–Crippen MR) is 197 cm³/mol. The van der Waals surface area contributed by atoms with E-state index in [0.717, 1.165) is 0 Å². The van der Waals surface area contributed by atoms with Crippen molar-refractivity contribution in [2.75, 3.05) is 0 Å². The molecule has 0 fully saturated rings. The molecule has 46 heavy (non-hydrogen) atoms. The molecule has 0 saturated carbocycles. The lowest BCUT2D eigenvalue weighted by molar-refractivity contribution is 1.64. The lowest BCUT2D eigenvalue weighted by Gasteiger charge is -2.11. The monoisotopic (exact) mass is 580 g/mol. The molecular weight excluding hydrogens is 553 g/mol. The summed E-state index contributed by atoms with van der Waals surface area (Å²) >= 11 is 0. The predicted octanol–water partition coefficient (Wildman–Crippen LogP) is 12.9. The second-order valence-electron chi connectivity index (χ2n) is 12.6. The largest absolute Gasteiger partial charge is 0.0616 e. The summed E-state index contributed by atoms with van der Waals surface area (Å²) in [5.74, 6) is 0. The minimum Gasteiger partial charge on any atom is -0.0616 e. The zero-order chi connectivity index (χ0) is 30.2. The van der Waals surface area contributed by atoms with E-state index in [1.807, 2.05) is 0 Å². The van der Waals surface area contributed by atoms with Gasteiger partial charge in [-0.2, -0.15) is 0 Å². The maximum absolute atomic E-state index is 2.38. The Morgan fingerprint density at radius 3 is 1.13 bits per heavy atom. The topological polar surface area (TPSA) is 0 Å². The van der Waals surface area contributed by atoms with E-state index in [-0.39, 0.29) is 0 Å². The van der Waals surface area contributed by atoms with Gasteiger partial charge in [0.2, 0.25) is 0 Å². The lowest BCUT2D eigenvalue weighted by Crippen LogP contribution is -1.85. The second-order valence-corrected chi connectivity index (χ2v) is 12.6. The zero-order valence-corrected chi connectivity index (χ0v) is 25.2. The molecule has 0 radical (unpaired) electrons. The Balaban J connectivity index is 0.991. The normalized spacial score (nSPS) is 11.9. The van der Waals surface area contributed by atoms with Crippen LogP contribution in [0.3, 0.4) is 0 Å². The molecule has 212 valence electrons. The van der Waals surface area contributed by atoms with Crippen molar-refractivity contribution in [2.45, 2.75) is 0 Å². The molecular formula is C46H28. The summed E-state index contributed by atoms with van der Waals surface area (Å²) in [7, 11) is 0. The highest BCUT2D eigenvalue weighted by Crippen LogP contribution is 2.48. The first-order valence-corrected chi connectivity index (χ1v) is 16.0. The highest BCUT2D eigenvalue weighted by molar-refractivity contribution is 6.16. The van der Waals surface area contributed by atoms with Gasteiger partial charge in [0.05, 0.1) is 0 Å². The van der Waals surface area contributed by atoms with E-state index >= 15 is 0 Å². The van der Waals surface area contributed by atoms with Gasteiger partial charge >= 0.3 is 0 Å². The molecule has 0 bridgehead atoms. The summed E-state index contributed by atoms with van der Waals surface area (Å²) in [6.45, 7) is 0. The molecule has 0 amide bonds. The third-order valence-electron chi connectivity index (χ3n) is 9.91. The maximum atomic E-state index is 2.38. The molecule has 0 heteroatoms. The smallest absolute Gasteiger partial charge is 0.00259 e. The first-order valence-electron chi connectivity index (χ1n) is 16.0. The fourth-order valence-corrected chi connectivity index (χ4v) is 7.56. The van der Waals surface area contributed by atoms with Gasteiger partial charge in [-0.15, -0.1) is 0 Å². The fourth-order valence-electron chi connectivity index (χ4n) is 7.56. The summed E-state index contributed by atoms with van der Waals surface area (Å²) in [5.41, 5.74) is 12.9. The Morgan fingerprint density at radius 2 is 0.565 bits per heavy atom. The number of fused-ring (bicyclic) bond motifs is 6. The Labute approximate surface area is 267 Å². The summed E-state index contributed by atoms with van der Waals surface area (Å²) < 4.78 is 0. The molecule has 0 aliphatic heterocycles. The van der Waals surface area contributed by atoms with Gasteiger partial charge in [-0.1, -0.05) is 127 Å². The zero-order valence-electron chi connectivity index (χ0n) is 25.2. The number of rotatable bonds is 3. The minimum absolute atomic E-state index is 1.24. The van der Waals surface area contributed by atoms with E-state index in [2.05, 4.69) is 170 Å². The summed E-state index contributed by atoms with van der Waals surface area (Å²) in [6, 6.07) is 62.9. The highest BCUT2D eigenvalue weighted by atomic mass is 14.2. The van der Waals surface area contributed by atoms with Crippen LogP contribution in [0.5, 0.6) is 0 Å². The molecule has 0 aromatic heterocycles. The molecule has 0 saturated heterocycles. The third-order valence-corrected chi connectivity index (χ3v) is 9.91. The fraction of sp³-hybridized carbons (Fsp3) is 0. The van der Waals surface area contributed by atoms with Gasteiger partial charge in [-0.3, -0.25) is 0 Å². The molecule has 1 aliphatic rings. The van der Waals surface area contributed by atoms with E-state index < -0.39 is 0 Å².